The van der Waals surface area contributed by atoms with Crippen molar-refractivity contribution < 1.29 is 9.72 Å². The fraction of sp³-hybridized carbons (Fsp3) is 0.267. The van der Waals surface area contributed by atoms with Crippen LogP contribution in [0.1, 0.15) is 31.2 Å². The number of carbonyl (C=O) groups is 1. The molecule has 1 atom stereocenters. The van der Waals surface area contributed by atoms with E-state index >= 15 is 0 Å². The molecule has 3 heterocycles. The maximum absolute atomic E-state index is 13.6. The van der Waals surface area contributed by atoms with Crippen LogP contribution in [-0.4, -0.2) is 61.5 Å². The van der Waals surface area contributed by atoms with Crippen LogP contribution in [0.5, 0.6) is 0 Å². The molecular weight excluding hydrogens is 506 g/mol. The van der Waals surface area contributed by atoms with Gasteiger partial charge >= 0.3 is 0 Å². The van der Waals surface area contributed by atoms with Crippen LogP contribution in [0, 0.1) is 10.1 Å². The van der Waals surface area contributed by atoms with Crippen molar-refractivity contribution in [2.24, 2.45) is 0 Å². The lowest BCUT2D eigenvalue weighted by molar-refractivity contribution is -0.384. The standard InChI is InChI=1S/C30H29N7O3/c1-2-22(21-11-4-3-5-12-21)29(38)34-17-10-18-35(20-19-34)30-31-25-15-8-6-13-23(25)27-32-33-28(36(27)30)24-14-7-9-16-26(24)37(39)40/h3-9,11-16,22H,2,10,17-20H2,1H3/t22-/m0/s1. The molecule has 1 saturated heterocycles. The van der Waals surface area contributed by atoms with Crippen molar-refractivity contribution in [3.05, 3.63) is 94.5 Å². The Bertz CT molecular complexity index is 1700. The van der Waals surface area contributed by atoms with E-state index in [4.69, 9.17) is 4.98 Å². The van der Waals surface area contributed by atoms with Gasteiger partial charge in [-0.25, -0.2) is 9.38 Å². The van der Waals surface area contributed by atoms with Gasteiger partial charge in [0.2, 0.25) is 11.9 Å². The molecule has 202 valence electrons. The molecule has 0 N–H and O–H groups in total. The molecule has 10 nitrogen and oxygen atoms in total. The highest BCUT2D eigenvalue weighted by Gasteiger charge is 2.29. The summed E-state index contributed by atoms with van der Waals surface area (Å²) in [4.78, 5) is 34.2. The maximum atomic E-state index is 13.6. The topological polar surface area (TPSA) is 110 Å². The number of nitro benzene ring substituents is 1. The van der Waals surface area contributed by atoms with Gasteiger partial charge in [-0.1, -0.05) is 61.5 Å². The molecule has 3 aromatic carbocycles. The number of anilines is 1. The predicted molar refractivity (Wildman–Crippen MR) is 153 cm³/mol. The van der Waals surface area contributed by atoms with Gasteiger partial charge in [0.1, 0.15) is 0 Å². The van der Waals surface area contributed by atoms with Crippen LogP contribution in [0.25, 0.3) is 27.9 Å². The number of hydrogen-bond donors (Lipinski definition) is 0. The summed E-state index contributed by atoms with van der Waals surface area (Å²) in [7, 11) is 0. The molecule has 0 radical (unpaired) electrons. The molecule has 5 aromatic rings. The van der Waals surface area contributed by atoms with Gasteiger partial charge in [-0.15, -0.1) is 10.2 Å². The molecule has 2 aromatic heterocycles. The van der Waals surface area contributed by atoms with Crippen molar-refractivity contribution in [1.82, 2.24) is 24.5 Å². The first-order chi connectivity index (χ1) is 19.6. The minimum absolute atomic E-state index is 0.0462. The predicted octanol–water partition coefficient (Wildman–Crippen LogP) is 5.09. The third-order valence-electron chi connectivity index (χ3n) is 7.57. The summed E-state index contributed by atoms with van der Waals surface area (Å²) in [5.74, 6) is 0.928. The molecule has 6 rings (SSSR count). The second-order valence-corrected chi connectivity index (χ2v) is 9.92. The first-order valence-corrected chi connectivity index (χ1v) is 13.5. The Labute approximate surface area is 231 Å². The lowest BCUT2D eigenvalue weighted by Crippen LogP contribution is -2.38. The third-order valence-corrected chi connectivity index (χ3v) is 7.57. The van der Waals surface area contributed by atoms with E-state index in [1.165, 1.54) is 6.07 Å². The van der Waals surface area contributed by atoms with Crippen molar-refractivity contribution in [2.45, 2.75) is 25.7 Å². The molecule has 1 aliphatic heterocycles. The summed E-state index contributed by atoms with van der Waals surface area (Å²) in [5.41, 5.74) is 2.71. The number of amides is 1. The van der Waals surface area contributed by atoms with Crippen LogP contribution in [0.15, 0.2) is 78.9 Å². The summed E-state index contributed by atoms with van der Waals surface area (Å²) >= 11 is 0. The normalized spacial score (nSPS) is 14.8. The van der Waals surface area contributed by atoms with E-state index in [9.17, 15) is 14.9 Å². The average molecular weight is 536 g/mol. The third kappa shape index (κ3) is 4.51. The number of aromatic nitrogens is 4. The van der Waals surface area contributed by atoms with E-state index in [1.54, 1.807) is 18.2 Å². The molecule has 0 saturated carbocycles. The molecule has 1 aliphatic rings. The van der Waals surface area contributed by atoms with Crippen molar-refractivity contribution >= 4 is 34.1 Å². The van der Waals surface area contributed by atoms with Crippen molar-refractivity contribution in [1.29, 1.82) is 0 Å². The van der Waals surface area contributed by atoms with Crippen molar-refractivity contribution in [3.63, 3.8) is 0 Å². The number of hydrogen-bond acceptors (Lipinski definition) is 7. The highest BCUT2D eigenvalue weighted by atomic mass is 16.6. The molecule has 1 amide bonds. The van der Waals surface area contributed by atoms with Gasteiger partial charge in [0, 0.05) is 37.6 Å². The maximum Gasteiger partial charge on any atom is 0.280 e. The zero-order chi connectivity index (χ0) is 27.6. The Morgan fingerprint density at radius 2 is 1.68 bits per heavy atom. The molecule has 0 bridgehead atoms. The lowest BCUT2D eigenvalue weighted by atomic mass is 9.95. The van der Waals surface area contributed by atoms with E-state index in [1.807, 2.05) is 70.8 Å². The van der Waals surface area contributed by atoms with Gasteiger partial charge in [-0.05, 0) is 36.6 Å². The molecule has 0 spiro atoms. The van der Waals surface area contributed by atoms with E-state index in [0.29, 0.717) is 49.2 Å². The highest BCUT2D eigenvalue weighted by Crippen LogP contribution is 2.33. The van der Waals surface area contributed by atoms with E-state index in [-0.39, 0.29) is 17.5 Å². The molecule has 10 heteroatoms. The van der Waals surface area contributed by atoms with E-state index < -0.39 is 4.92 Å². The van der Waals surface area contributed by atoms with Crippen LogP contribution in [0.4, 0.5) is 11.6 Å². The van der Waals surface area contributed by atoms with Gasteiger partial charge in [0.15, 0.2) is 11.5 Å². The minimum atomic E-state index is -0.406. The Morgan fingerprint density at radius 1 is 0.925 bits per heavy atom. The lowest BCUT2D eigenvalue weighted by Gasteiger charge is -2.27. The molecular formula is C30H29N7O3. The van der Waals surface area contributed by atoms with E-state index in [2.05, 4.69) is 15.1 Å². The summed E-state index contributed by atoms with van der Waals surface area (Å²) in [6.45, 7) is 4.47. The molecule has 1 fully saturated rings. The fourth-order valence-corrected chi connectivity index (χ4v) is 5.57. The van der Waals surface area contributed by atoms with Crippen LogP contribution in [0.2, 0.25) is 0 Å². The average Bonchev–Trinajstić information content (AvgIpc) is 3.29. The molecule has 40 heavy (non-hydrogen) atoms. The zero-order valence-electron chi connectivity index (χ0n) is 22.2. The molecule has 0 unspecified atom stereocenters. The first-order valence-electron chi connectivity index (χ1n) is 13.5. The monoisotopic (exact) mass is 535 g/mol. The fourth-order valence-electron chi connectivity index (χ4n) is 5.57. The first kappa shape index (κ1) is 25.4. The summed E-state index contributed by atoms with van der Waals surface area (Å²) < 4.78 is 1.82. The number of fused-ring (bicyclic) bond motifs is 3. The minimum Gasteiger partial charge on any atom is -0.340 e. The van der Waals surface area contributed by atoms with Gasteiger partial charge in [0.25, 0.3) is 5.69 Å². The van der Waals surface area contributed by atoms with Crippen LogP contribution < -0.4 is 4.90 Å². The van der Waals surface area contributed by atoms with Crippen LogP contribution in [0.3, 0.4) is 0 Å². The summed E-state index contributed by atoms with van der Waals surface area (Å²) in [6.07, 6.45) is 1.49. The number of rotatable bonds is 6. The second kappa shape index (κ2) is 10.7. The summed E-state index contributed by atoms with van der Waals surface area (Å²) in [5, 5.41) is 21.6. The van der Waals surface area contributed by atoms with Crippen LogP contribution in [-0.2, 0) is 4.79 Å². The van der Waals surface area contributed by atoms with Crippen LogP contribution >= 0.6 is 0 Å². The van der Waals surface area contributed by atoms with Gasteiger partial charge in [-0.2, -0.15) is 0 Å². The van der Waals surface area contributed by atoms with Gasteiger partial charge in [0.05, 0.1) is 21.9 Å². The zero-order valence-corrected chi connectivity index (χ0v) is 22.2. The van der Waals surface area contributed by atoms with Gasteiger partial charge < -0.3 is 9.80 Å². The number of nitrogens with zero attached hydrogens (tertiary/aromatic N) is 7. The smallest absolute Gasteiger partial charge is 0.280 e. The second-order valence-electron chi connectivity index (χ2n) is 9.92. The number of nitro groups is 1. The highest BCUT2D eigenvalue weighted by molar-refractivity contribution is 5.93. The van der Waals surface area contributed by atoms with E-state index in [0.717, 1.165) is 29.3 Å². The molecule has 0 aliphatic carbocycles. The Hall–Kier alpha value is -4.86. The van der Waals surface area contributed by atoms with Crippen molar-refractivity contribution in [2.75, 3.05) is 31.1 Å². The van der Waals surface area contributed by atoms with Crippen molar-refractivity contribution in [3.8, 4) is 11.4 Å². The largest absolute Gasteiger partial charge is 0.340 e. The van der Waals surface area contributed by atoms with Gasteiger partial charge in [-0.3, -0.25) is 14.9 Å². The number of para-hydroxylation sites is 2. The Kier molecular flexibility index (Phi) is 6.81. The Morgan fingerprint density at radius 3 is 2.48 bits per heavy atom. The summed E-state index contributed by atoms with van der Waals surface area (Å²) in [6, 6.07) is 24.2. The Balaban J connectivity index is 1.40. The quantitative estimate of drug-likeness (QED) is 0.220. The SMILES string of the molecule is CC[C@H](C(=O)N1CCCN(c2nc3ccccc3c3nnc(-c4ccccc4[N+](=O)[O-])n23)CC1)c1ccccc1. The number of benzene rings is 3. The number of carbonyl (C=O) groups excluding carboxylic acids is 1.